The number of carbonyl (C=O) groups excluding carboxylic acids is 2. The lowest BCUT2D eigenvalue weighted by molar-refractivity contribution is -0.198. The summed E-state index contributed by atoms with van der Waals surface area (Å²) in [5, 5.41) is 15.2. The van der Waals surface area contributed by atoms with Gasteiger partial charge in [-0.15, -0.1) is 0 Å². The fourth-order valence-electron chi connectivity index (χ4n) is 0.867. The first kappa shape index (κ1) is 21.6. The van der Waals surface area contributed by atoms with Gasteiger partial charge in [-0.3, -0.25) is 0 Å². The zero-order valence-corrected chi connectivity index (χ0v) is 12.9. The molecule has 0 radical (unpaired) electrons. The molecule has 0 rings (SSSR count). The van der Waals surface area contributed by atoms with Gasteiger partial charge in [0.05, 0.1) is 13.2 Å². The van der Waals surface area contributed by atoms with Crippen LogP contribution in [0.5, 0.6) is 0 Å². The van der Waals surface area contributed by atoms with Gasteiger partial charge >= 0.3 is 11.9 Å². The maximum atomic E-state index is 11.3. The number of aliphatic hydroxyl groups is 2. The van der Waals surface area contributed by atoms with Crippen LogP contribution in [0.2, 0.25) is 0 Å². The van der Waals surface area contributed by atoms with E-state index in [-0.39, 0.29) is 24.4 Å². The SMILES string of the molecule is C=C(C)C(=O)OC(C)C(OC)OC(=O)C(=C)C.OCCO. The van der Waals surface area contributed by atoms with E-state index in [1.54, 1.807) is 6.92 Å². The second-order valence-electron chi connectivity index (χ2n) is 4.13. The topological polar surface area (TPSA) is 102 Å². The van der Waals surface area contributed by atoms with Crippen LogP contribution in [-0.2, 0) is 23.8 Å². The standard InChI is InChI=1S/C12H18O5.C2H6O2/c1-7(2)10(13)16-9(5)12(15-6)17-11(14)8(3)4;3-1-2-4/h9,12H,1,3H2,2,4-6H3;3-4H,1-2H2. The lowest BCUT2D eigenvalue weighted by atomic mass is 10.3. The molecular formula is C14H24O7. The fraction of sp³-hybridized carbons (Fsp3) is 0.571. The number of carbonyl (C=O) groups is 2. The van der Waals surface area contributed by atoms with E-state index >= 15 is 0 Å². The number of methoxy groups -OCH3 is 1. The highest BCUT2D eigenvalue weighted by molar-refractivity contribution is 5.87. The highest BCUT2D eigenvalue weighted by Crippen LogP contribution is 2.09. The maximum Gasteiger partial charge on any atom is 0.335 e. The Balaban J connectivity index is 0. The third-order valence-electron chi connectivity index (χ3n) is 1.93. The van der Waals surface area contributed by atoms with Crippen LogP contribution in [0.25, 0.3) is 0 Å². The summed E-state index contributed by atoms with van der Waals surface area (Å²) in [6.07, 6.45) is -1.70. The van der Waals surface area contributed by atoms with Crippen LogP contribution in [0.4, 0.5) is 0 Å². The smallest absolute Gasteiger partial charge is 0.335 e. The van der Waals surface area contributed by atoms with E-state index in [4.69, 9.17) is 24.4 Å². The van der Waals surface area contributed by atoms with Gasteiger partial charge in [0.1, 0.15) is 0 Å². The molecule has 7 nitrogen and oxygen atoms in total. The van der Waals surface area contributed by atoms with Crippen molar-refractivity contribution in [1.82, 2.24) is 0 Å². The molecule has 0 heterocycles. The zero-order chi connectivity index (χ0) is 17.0. The quantitative estimate of drug-likeness (QED) is 0.402. The molecule has 0 aromatic carbocycles. The molecular weight excluding hydrogens is 280 g/mol. The Hall–Kier alpha value is -1.70. The van der Waals surface area contributed by atoms with E-state index < -0.39 is 24.3 Å². The fourth-order valence-corrected chi connectivity index (χ4v) is 0.867. The Bertz CT molecular complexity index is 360. The molecule has 0 aromatic heterocycles. The molecule has 2 atom stereocenters. The average molecular weight is 304 g/mol. The number of aliphatic hydroxyl groups excluding tert-OH is 2. The Morgan fingerprint density at radius 1 is 1.00 bits per heavy atom. The molecule has 0 bridgehead atoms. The van der Waals surface area contributed by atoms with Gasteiger partial charge in [0.15, 0.2) is 6.10 Å². The van der Waals surface area contributed by atoms with Crippen LogP contribution in [0.15, 0.2) is 24.3 Å². The van der Waals surface area contributed by atoms with Gasteiger partial charge in [-0.05, 0) is 20.8 Å². The monoisotopic (exact) mass is 304 g/mol. The normalized spacial score (nSPS) is 12.3. The molecule has 2 unspecified atom stereocenters. The van der Waals surface area contributed by atoms with Crippen molar-refractivity contribution in [3.05, 3.63) is 24.3 Å². The molecule has 0 aliphatic heterocycles. The lowest BCUT2D eigenvalue weighted by Crippen LogP contribution is -2.34. The van der Waals surface area contributed by atoms with Gasteiger partial charge in [-0.25, -0.2) is 9.59 Å². The zero-order valence-electron chi connectivity index (χ0n) is 12.9. The second kappa shape index (κ2) is 12.1. The van der Waals surface area contributed by atoms with E-state index in [9.17, 15) is 9.59 Å². The highest BCUT2D eigenvalue weighted by Gasteiger charge is 2.25. The number of hydrogen-bond donors (Lipinski definition) is 2. The van der Waals surface area contributed by atoms with Gasteiger partial charge in [-0.2, -0.15) is 0 Å². The number of hydrogen-bond acceptors (Lipinski definition) is 7. The summed E-state index contributed by atoms with van der Waals surface area (Å²) in [6, 6.07) is 0. The predicted octanol–water partition coefficient (Wildman–Crippen LogP) is 0.557. The largest absolute Gasteiger partial charge is 0.453 e. The molecule has 122 valence electrons. The summed E-state index contributed by atoms with van der Waals surface area (Å²) in [4.78, 5) is 22.5. The van der Waals surface area contributed by atoms with Crippen LogP contribution in [0.1, 0.15) is 20.8 Å². The van der Waals surface area contributed by atoms with Crippen molar-refractivity contribution < 1.29 is 34.0 Å². The summed E-state index contributed by atoms with van der Waals surface area (Å²) in [6.45, 7) is 11.2. The minimum Gasteiger partial charge on any atom is -0.453 e. The van der Waals surface area contributed by atoms with Crippen molar-refractivity contribution in [1.29, 1.82) is 0 Å². The third-order valence-corrected chi connectivity index (χ3v) is 1.93. The first-order valence-corrected chi connectivity index (χ1v) is 6.18. The molecule has 2 N–H and O–H groups in total. The Morgan fingerprint density at radius 2 is 1.38 bits per heavy atom. The summed E-state index contributed by atoms with van der Waals surface area (Å²) in [7, 11) is 1.35. The second-order valence-corrected chi connectivity index (χ2v) is 4.13. The van der Waals surface area contributed by atoms with E-state index in [1.165, 1.54) is 21.0 Å². The van der Waals surface area contributed by atoms with Gasteiger partial charge < -0.3 is 24.4 Å². The first-order chi connectivity index (χ1) is 9.70. The molecule has 0 saturated carbocycles. The van der Waals surface area contributed by atoms with E-state index in [0.29, 0.717) is 0 Å². The Labute approximate surface area is 124 Å². The molecule has 7 heteroatoms. The number of esters is 2. The Kier molecular flexibility index (Phi) is 12.4. The van der Waals surface area contributed by atoms with Crippen molar-refractivity contribution in [2.75, 3.05) is 20.3 Å². The number of rotatable bonds is 7. The summed E-state index contributed by atoms with van der Waals surface area (Å²) in [5.41, 5.74) is 0.503. The van der Waals surface area contributed by atoms with Crippen LogP contribution in [0.3, 0.4) is 0 Å². The minimum absolute atomic E-state index is 0.125. The van der Waals surface area contributed by atoms with Crippen LogP contribution in [0, 0.1) is 0 Å². The molecule has 0 fully saturated rings. The van der Waals surface area contributed by atoms with Crippen molar-refractivity contribution in [2.45, 2.75) is 33.2 Å². The molecule has 0 aliphatic carbocycles. The van der Waals surface area contributed by atoms with Crippen molar-refractivity contribution >= 4 is 11.9 Å². The van der Waals surface area contributed by atoms with Crippen LogP contribution < -0.4 is 0 Å². The van der Waals surface area contributed by atoms with Gasteiger partial charge in [0.25, 0.3) is 0 Å². The minimum atomic E-state index is -0.970. The van der Waals surface area contributed by atoms with Crippen molar-refractivity contribution in [3.8, 4) is 0 Å². The Morgan fingerprint density at radius 3 is 1.67 bits per heavy atom. The summed E-state index contributed by atoms with van der Waals surface area (Å²) < 4.78 is 14.8. The van der Waals surface area contributed by atoms with Gasteiger partial charge in [0.2, 0.25) is 6.29 Å². The molecule has 0 aromatic rings. The highest BCUT2D eigenvalue weighted by atomic mass is 16.7. The predicted molar refractivity (Wildman–Crippen MR) is 76.2 cm³/mol. The van der Waals surface area contributed by atoms with Crippen LogP contribution >= 0.6 is 0 Å². The molecule has 0 amide bonds. The van der Waals surface area contributed by atoms with Crippen LogP contribution in [-0.4, -0.2) is 54.9 Å². The first-order valence-electron chi connectivity index (χ1n) is 6.18. The maximum absolute atomic E-state index is 11.3. The van der Waals surface area contributed by atoms with Gasteiger partial charge in [-0.1, -0.05) is 13.2 Å². The van der Waals surface area contributed by atoms with E-state index in [1.807, 2.05) is 0 Å². The molecule has 0 spiro atoms. The molecule has 0 aliphatic rings. The van der Waals surface area contributed by atoms with Crippen molar-refractivity contribution in [2.24, 2.45) is 0 Å². The summed E-state index contributed by atoms with van der Waals surface area (Å²) in [5.74, 6) is -1.17. The van der Waals surface area contributed by atoms with Crippen molar-refractivity contribution in [3.63, 3.8) is 0 Å². The number of ether oxygens (including phenoxy) is 3. The lowest BCUT2D eigenvalue weighted by Gasteiger charge is -2.22. The molecule has 21 heavy (non-hydrogen) atoms. The van der Waals surface area contributed by atoms with Gasteiger partial charge in [0, 0.05) is 18.3 Å². The molecule has 0 saturated heterocycles. The summed E-state index contributed by atoms with van der Waals surface area (Å²) >= 11 is 0. The third kappa shape index (κ3) is 10.7. The average Bonchev–Trinajstić information content (AvgIpc) is 2.43. The van der Waals surface area contributed by atoms with E-state index in [0.717, 1.165) is 0 Å². The van der Waals surface area contributed by atoms with E-state index in [2.05, 4.69) is 13.2 Å².